The Morgan fingerprint density at radius 3 is 1.97 bits per heavy atom. The number of aromatic amines is 1. The van der Waals surface area contributed by atoms with E-state index in [-0.39, 0.29) is 11.8 Å². The van der Waals surface area contributed by atoms with Gasteiger partial charge in [0, 0.05) is 28.1 Å². The molecule has 0 atom stereocenters. The molecule has 3 aromatic rings. The van der Waals surface area contributed by atoms with E-state index in [9.17, 15) is 9.59 Å². The summed E-state index contributed by atoms with van der Waals surface area (Å²) in [5.41, 5.74) is 5.91. The standard InChI is InChI=1S/C27H28N4O2/c32-26(19-7-3-1-4-8-19)28-21-13-11-18(12-14-21)25-30-23-16-15-22(17-24(23)31-25)29-27(33)20-9-5-2-6-10-20/h7,9,11-17H,1-6,8,10H2,(H,28,32)(H,29,33)(H,30,31). The molecule has 0 spiro atoms. The number of aromatic nitrogens is 2. The van der Waals surface area contributed by atoms with Crippen molar-refractivity contribution in [1.82, 2.24) is 9.97 Å². The second-order valence-corrected chi connectivity index (χ2v) is 8.75. The number of hydrogen-bond donors (Lipinski definition) is 3. The Hall–Kier alpha value is -3.67. The molecule has 2 aliphatic rings. The minimum atomic E-state index is -0.0181. The van der Waals surface area contributed by atoms with Crippen LogP contribution in [0.1, 0.15) is 51.4 Å². The number of H-pyrrole nitrogens is 1. The smallest absolute Gasteiger partial charge is 0.251 e. The number of carbonyl (C=O) groups excluding carboxylic acids is 2. The van der Waals surface area contributed by atoms with Crippen LogP contribution in [-0.2, 0) is 9.59 Å². The molecule has 3 N–H and O–H groups in total. The van der Waals surface area contributed by atoms with E-state index >= 15 is 0 Å². The monoisotopic (exact) mass is 440 g/mol. The molecule has 2 aliphatic carbocycles. The molecule has 1 heterocycles. The zero-order chi connectivity index (χ0) is 22.6. The molecule has 1 aromatic heterocycles. The predicted molar refractivity (Wildman–Crippen MR) is 132 cm³/mol. The predicted octanol–water partition coefficient (Wildman–Crippen LogP) is 6.11. The van der Waals surface area contributed by atoms with Crippen LogP contribution < -0.4 is 10.6 Å². The number of nitrogens with zero attached hydrogens (tertiary/aromatic N) is 1. The van der Waals surface area contributed by atoms with E-state index in [2.05, 4.69) is 20.6 Å². The number of carbonyl (C=O) groups is 2. The summed E-state index contributed by atoms with van der Waals surface area (Å²) in [6.45, 7) is 0. The van der Waals surface area contributed by atoms with Gasteiger partial charge in [-0.25, -0.2) is 4.98 Å². The van der Waals surface area contributed by atoms with Gasteiger partial charge in [-0.15, -0.1) is 0 Å². The van der Waals surface area contributed by atoms with Crippen molar-refractivity contribution < 1.29 is 9.59 Å². The summed E-state index contributed by atoms with van der Waals surface area (Å²) in [5, 5.41) is 5.99. The Morgan fingerprint density at radius 2 is 1.36 bits per heavy atom. The molecule has 0 saturated carbocycles. The quantitative estimate of drug-likeness (QED) is 0.447. The summed E-state index contributed by atoms with van der Waals surface area (Å²) in [6, 6.07) is 13.4. The van der Waals surface area contributed by atoms with Crippen molar-refractivity contribution in [3.63, 3.8) is 0 Å². The lowest BCUT2D eigenvalue weighted by molar-refractivity contribution is -0.113. The lowest BCUT2D eigenvalue weighted by Gasteiger charge is -2.12. The second kappa shape index (κ2) is 9.45. The van der Waals surface area contributed by atoms with Crippen molar-refractivity contribution in [2.75, 3.05) is 10.6 Å². The third-order valence-electron chi connectivity index (χ3n) is 6.32. The Balaban J connectivity index is 1.28. The van der Waals surface area contributed by atoms with Crippen LogP contribution in [0.2, 0.25) is 0 Å². The molecule has 33 heavy (non-hydrogen) atoms. The molecule has 0 fully saturated rings. The Labute approximate surface area is 193 Å². The lowest BCUT2D eigenvalue weighted by atomic mass is 9.99. The first kappa shape index (κ1) is 21.2. The minimum Gasteiger partial charge on any atom is -0.338 e. The zero-order valence-electron chi connectivity index (χ0n) is 18.6. The van der Waals surface area contributed by atoms with Gasteiger partial charge in [-0.2, -0.15) is 0 Å². The van der Waals surface area contributed by atoms with Crippen molar-refractivity contribution in [3.05, 3.63) is 65.8 Å². The van der Waals surface area contributed by atoms with Gasteiger partial charge >= 0.3 is 0 Å². The maximum Gasteiger partial charge on any atom is 0.251 e. The second-order valence-electron chi connectivity index (χ2n) is 8.75. The molecular weight excluding hydrogens is 412 g/mol. The number of anilines is 2. The van der Waals surface area contributed by atoms with E-state index in [0.717, 1.165) is 96.3 Å². The van der Waals surface area contributed by atoms with E-state index in [0.29, 0.717) is 0 Å². The number of benzene rings is 2. The van der Waals surface area contributed by atoms with Gasteiger partial charge < -0.3 is 15.6 Å². The molecule has 6 nitrogen and oxygen atoms in total. The highest BCUT2D eigenvalue weighted by Crippen LogP contribution is 2.26. The first-order valence-corrected chi connectivity index (χ1v) is 11.8. The van der Waals surface area contributed by atoms with Gasteiger partial charge in [0.15, 0.2) is 0 Å². The van der Waals surface area contributed by atoms with Crippen LogP contribution in [0, 0.1) is 0 Å². The molecule has 0 saturated heterocycles. The average molecular weight is 441 g/mol. The number of imidazole rings is 1. The highest BCUT2D eigenvalue weighted by atomic mass is 16.2. The van der Waals surface area contributed by atoms with Gasteiger partial charge in [-0.05, 0) is 93.8 Å². The molecular formula is C27H28N4O2. The van der Waals surface area contributed by atoms with E-state index in [1.807, 2.05) is 54.6 Å². The molecule has 0 bridgehead atoms. The Kier molecular flexibility index (Phi) is 6.07. The highest BCUT2D eigenvalue weighted by Gasteiger charge is 2.14. The first-order valence-electron chi connectivity index (χ1n) is 11.8. The van der Waals surface area contributed by atoms with Crippen molar-refractivity contribution >= 4 is 34.2 Å². The maximum absolute atomic E-state index is 12.5. The van der Waals surface area contributed by atoms with Crippen LogP contribution in [0.3, 0.4) is 0 Å². The van der Waals surface area contributed by atoms with Crippen molar-refractivity contribution in [3.8, 4) is 11.4 Å². The summed E-state index contributed by atoms with van der Waals surface area (Å²) in [7, 11) is 0. The molecule has 5 rings (SSSR count). The third kappa shape index (κ3) is 4.90. The highest BCUT2D eigenvalue weighted by molar-refractivity contribution is 6.05. The molecule has 6 heteroatoms. The lowest BCUT2D eigenvalue weighted by Crippen LogP contribution is -2.15. The van der Waals surface area contributed by atoms with E-state index in [1.165, 1.54) is 0 Å². The largest absolute Gasteiger partial charge is 0.338 e. The van der Waals surface area contributed by atoms with E-state index < -0.39 is 0 Å². The van der Waals surface area contributed by atoms with Crippen LogP contribution in [0.4, 0.5) is 11.4 Å². The third-order valence-corrected chi connectivity index (χ3v) is 6.32. The van der Waals surface area contributed by atoms with Gasteiger partial charge in [-0.1, -0.05) is 12.2 Å². The average Bonchev–Trinajstić information content (AvgIpc) is 3.29. The molecule has 0 aliphatic heterocycles. The topological polar surface area (TPSA) is 86.9 Å². The Bertz CT molecular complexity index is 1250. The van der Waals surface area contributed by atoms with Crippen LogP contribution in [0.15, 0.2) is 65.8 Å². The summed E-state index contributed by atoms with van der Waals surface area (Å²) < 4.78 is 0. The summed E-state index contributed by atoms with van der Waals surface area (Å²) in [5.74, 6) is 0.719. The SMILES string of the molecule is O=C(Nc1ccc(-c2nc3ccc(NC(=O)C4=CCCCC4)cc3[nH]2)cc1)C1=CCCCC1. The van der Waals surface area contributed by atoms with E-state index in [1.54, 1.807) is 0 Å². The molecule has 2 amide bonds. The van der Waals surface area contributed by atoms with Crippen LogP contribution in [-0.4, -0.2) is 21.8 Å². The fourth-order valence-electron chi connectivity index (χ4n) is 4.45. The van der Waals surface area contributed by atoms with Gasteiger partial charge in [0.2, 0.25) is 0 Å². The molecule has 0 radical (unpaired) electrons. The normalized spacial score (nSPS) is 16.1. The number of amides is 2. The van der Waals surface area contributed by atoms with Crippen LogP contribution in [0.25, 0.3) is 22.4 Å². The zero-order valence-corrected chi connectivity index (χ0v) is 18.6. The van der Waals surface area contributed by atoms with Crippen molar-refractivity contribution in [2.45, 2.75) is 51.4 Å². The summed E-state index contributed by atoms with van der Waals surface area (Å²) in [4.78, 5) is 32.9. The van der Waals surface area contributed by atoms with Crippen LogP contribution >= 0.6 is 0 Å². The molecule has 0 unspecified atom stereocenters. The van der Waals surface area contributed by atoms with Crippen molar-refractivity contribution in [2.24, 2.45) is 0 Å². The fourth-order valence-corrected chi connectivity index (χ4v) is 4.45. The fraction of sp³-hybridized carbons (Fsp3) is 0.296. The van der Waals surface area contributed by atoms with Gasteiger partial charge in [0.1, 0.15) is 5.82 Å². The molecule has 168 valence electrons. The number of fused-ring (bicyclic) bond motifs is 1. The van der Waals surface area contributed by atoms with Gasteiger partial charge in [0.05, 0.1) is 11.0 Å². The number of allylic oxidation sites excluding steroid dienone is 2. The summed E-state index contributed by atoms with van der Waals surface area (Å²) >= 11 is 0. The van der Waals surface area contributed by atoms with E-state index in [4.69, 9.17) is 0 Å². The van der Waals surface area contributed by atoms with Gasteiger partial charge in [0.25, 0.3) is 11.8 Å². The number of nitrogens with one attached hydrogen (secondary N) is 3. The Morgan fingerprint density at radius 1 is 0.758 bits per heavy atom. The van der Waals surface area contributed by atoms with Crippen LogP contribution in [0.5, 0.6) is 0 Å². The van der Waals surface area contributed by atoms with Crippen molar-refractivity contribution in [1.29, 1.82) is 0 Å². The summed E-state index contributed by atoms with van der Waals surface area (Å²) in [6.07, 6.45) is 12.2. The molecule has 2 aromatic carbocycles. The maximum atomic E-state index is 12.5. The number of rotatable bonds is 5. The first-order chi connectivity index (χ1) is 16.2. The number of hydrogen-bond acceptors (Lipinski definition) is 3. The minimum absolute atomic E-state index is 0.00949. The van der Waals surface area contributed by atoms with Gasteiger partial charge in [-0.3, -0.25) is 9.59 Å².